The minimum Gasteiger partial charge on any atom is -0.508 e. The van der Waals surface area contributed by atoms with Crippen LogP contribution in [-0.2, 0) is 27.8 Å². The normalized spacial score (nSPS) is 30.2. The summed E-state index contributed by atoms with van der Waals surface area (Å²) in [7, 11) is 0. The van der Waals surface area contributed by atoms with E-state index in [1.165, 1.54) is 24.0 Å². The summed E-state index contributed by atoms with van der Waals surface area (Å²) in [4.78, 5) is 15.6. The lowest BCUT2D eigenvalue weighted by atomic mass is 9.49. The van der Waals surface area contributed by atoms with Crippen molar-refractivity contribution in [2.75, 3.05) is 19.7 Å². The number of Topliss-reactive ketones (excluding diaryl/α,β-unsaturated/α-hetero) is 1. The number of rotatable bonds is 7. The van der Waals surface area contributed by atoms with E-state index in [1.54, 1.807) is 0 Å². The number of piperidine rings is 1. The molecule has 3 aliphatic carbocycles. The first kappa shape index (κ1) is 23.8. The largest absolute Gasteiger partial charge is 0.508 e. The van der Waals surface area contributed by atoms with Crippen LogP contribution in [0.5, 0.6) is 5.75 Å². The molecule has 2 aromatic rings. The van der Waals surface area contributed by atoms with Crippen molar-refractivity contribution in [3.05, 3.63) is 65.2 Å². The van der Waals surface area contributed by atoms with Crippen molar-refractivity contribution in [3.8, 4) is 5.75 Å². The number of nitrogens with zero attached hydrogens (tertiary/aromatic N) is 1. The van der Waals surface area contributed by atoms with Gasteiger partial charge in [-0.25, -0.2) is 0 Å². The smallest absolute Gasteiger partial charge is 0.134 e. The van der Waals surface area contributed by atoms with Crippen molar-refractivity contribution >= 4 is 18.2 Å². The van der Waals surface area contributed by atoms with Gasteiger partial charge in [-0.2, -0.15) is 0 Å². The number of ether oxygens (including phenoxy) is 1. The SMILES string of the molecule is Cl.O=C1CC[C@@]2(OCCCc3ccccc3)[C@H]3Cc4cccc(O)c4[C@@]2(CCN3CC2CC2)C1. The van der Waals surface area contributed by atoms with E-state index in [4.69, 9.17) is 4.74 Å². The quantitative estimate of drug-likeness (QED) is 0.550. The summed E-state index contributed by atoms with van der Waals surface area (Å²) in [6.07, 6.45) is 8.33. The van der Waals surface area contributed by atoms with Gasteiger partial charge in [0.15, 0.2) is 0 Å². The Labute approximate surface area is 209 Å². The van der Waals surface area contributed by atoms with Crippen molar-refractivity contribution in [2.45, 2.75) is 74.8 Å². The summed E-state index contributed by atoms with van der Waals surface area (Å²) in [5.74, 6) is 1.50. The molecule has 1 aliphatic heterocycles. The molecule has 2 aromatic carbocycles. The van der Waals surface area contributed by atoms with Gasteiger partial charge in [-0.1, -0.05) is 42.5 Å². The van der Waals surface area contributed by atoms with Gasteiger partial charge in [-0.3, -0.25) is 9.69 Å². The van der Waals surface area contributed by atoms with Gasteiger partial charge in [0.2, 0.25) is 0 Å². The van der Waals surface area contributed by atoms with E-state index in [0.717, 1.165) is 56.7 Å². The van der Waals surface area contributed by atoms with Crippen LogP contribution in [0.1, 0.15) is 61.6 Å². The van der Waals surface area contributed by atoms with E-state index >= 15 is 0 Å². The number of halogens is 1. The Morgan fingerprint density at radius 3 is 2.68 bits per heavy atom. The number of carbonyl (C=O) groups excluding carboxylic acids is 1. The number of phenols is 1. The van der Waals surface area contributed by atoms with Crippen molar-refractivity contribution < 1.29 is 14.6 Å². The fourth-order valence-corrected chi connectivity index (χ4v) is 7.28. The first-order valence-corrected chi connectivity index (χ1v) is 12.9. The Balaban J connectivity index is 0.00000241. The number of carbonyl (C=O) groups is 1. The van der Waals surface area contributed by atoms with Crippen LogP contribution in [0.4, 0.5) is 0 Å². The molecule has 4 aliphatic rings. The fourth-order valence-electron chi connectivity index (χ4n) is 7.28. The van der Waals surface area contributed by atoms with Crippen LogP contribution in [0.15, 0.2) is 48.5 Å². The number of aromatic hydroxyl groups is 1. The van der Waals surface area contributed by atoms with Crippen molar-refractivity contribution in [1.82, 2.24) is 4.90 Å². The first-order chi connectivity index (χ1) is 16.1. The molecule has 5 heteroatoms. The number of hydrogen-bond donors (Lipinski definition) is 1. The van der Waals surface area contributed by atoms with E-state index in [-0.39, 0.29) is 18.4 Å². The third-order valence-electron chi connectivity index (χ3n) is 8.91. The Bertz CT molecular complexity index is 1040. The predicted molar refractivity (Wildman–Crippen MR) is 136 cm³/mol. The molecule has 0 radical (unpaired) electrons. The Morgan fingerprint density at radius 2 is 1.88 bits per heavy atom. The second kappa shape index (κ2) is 9.29. The summed E-state index contributed by atoms with van der Waals surface area (Å²) in [6, 6.07) is 16.8. The zero-order valence-corrected chi connectivity index (χ0v) is 20.7. The summed E-state index contributed by atoms with van der Waals surface area (Å²) in [6.45, 7) is 2.84. The monoisotopic (exact) mass is 481 g/mol. The highest BCUT2D eigenvalue weighted by molar-refractivity contribution is 5.85. The number of benzene rings is 2. The van der Waals surface area contributed by atoms with Gasteiger partial charge in [0, 0.05) is 43.0 Å². The molecule has 34 heavy (non-hydrogen) atoms. The third-order valence-corrected chi connectivity index (χ3v) is 8.91. The van der Waals surface area contributed by atoms with Gasteiger partial charge in [-0.05, 0) is 74.6 Å². The number of ketones is 1. The van der Waals surface area contributed by atoms with Crippen molar-refractivity contribution in [1.29, 1.82) is 0 Å². The molecule has 0 amide bonds. The molecule has 1 saturated heterocycles. The lowest BCUT2D eigenvalue weighted by Gasteiger charge is -2.65. The minimum atomic E-state index is -0.404. The summed E-state index contributed by atoms with van der Waals surface area (Å²) in [5.41, 5.74) is 2.78. The Kier molecular flexibility index (Phi) is 6.52. The number of aryl methyl sites for hydroxylation is 1. The average Bonchev–Trinajstić information content (AvgIpc) is 3.63. The standard InChI is InChI=1S/C29H35NO3.ClH/c31-24-13-14-29(33-17-5-8-21-6-2-1-3-7-21)26-18-23-9-4-10-25(32)27(23)28(29,19-24)15-16-30(26)20-22-11-12-22;/h1-4,6-7,9-10,22,26,32H,5,8,11-20H2;1H/t26-,28-,29-;/m1./s1. The van der Waals surface area contributed by atoms with Crippen LogP contribution >= 0.6 is 12.4 Å². The zero-order valence-electron chi connectivity index (χ0n) is 19.9. The van der Waals surface area contributed by atoms with Crippen LogP contribution in [0.25, 0.3) is 0 Å². The Hall–Kier alpha value is -1.88. The highest BCUT2D eigenvalue weighted by Gasteiger charge is 2.67. The van der Waals surface area contributed by atoms with E-state index < -0.39 is 11.0 Å². The molecule has 3 fully saturated rings. The summed E-state index contributed by atoms with van der Waals surface area (Å²) >= 11 is 0. The molecule has 6 rings (SSSR count). The topological polar surface area (TPSA) is 49.8 Å². The molecule has 0 unspecified atom stereocenters. The van der Waals surface area contributed by atoms with Crippen molar-refractivity contribution in [3.63, 3.8) is 0 Å². The maximum Gasteiger partial charge on any atom is 0.134 e. The van der Waals surface area contributed by atoms with Crippen LogP contribution in [0.2, 0.25) is 0 Å². The molecular weight excluding hydrogens is 446 g/mol. The molecule has 182 valence electrons. The van der Waals surface area contributed by atoms with Gasteiger partial charge >= 0.3 is 0 Å². The predicted octanol–water partition coefficient (Wildman–Crippen LogP) is 5.23. The molecule has 2 bridgehead atoms. The summed E-state index contributed by atoms with van der Waals surface area (Å²) < 4.78 is 7.04. The van der Waals surface area contributed by atoms with E-state index in [0.29, 0.717) is 31.0 Å². The molecule has 4 nitrogen and oxygen atoms in total. The van der Waals surface area contributed by atoms with Gasteiger partial charge in [-0.15, -0.1) is 12.4 Å². The molecule has 0 spiro atoms. The number of hydrogen-bond acceptors (Lipinski definition) is 4. The number of likely N-dealkylation sites (tertiary alicyclic amines) is 1. The summed E-state index contributed by atoms with van der Waals surface area (Å²) in [5, 5.41) is 11.1. The maximum atomic E-state index is 12.9. The lowest BCUT2D eigenvalue weighted by molar-refractivity contribution is -0.201. The highest BCUT2D eigenvalue weighted by Crippen LogP contribution is 2.61. The van der Waals surface area contributed by atoms with Gasteiger partial charge in [0.05, 0.1) is 5.60 Å². The van der Waals surface area contributed by atoms with E-state index in [2.05, 4.69) is 41.3 Å². The molecule has 1 heterocycles. The molecule has 0 aromatic heterocycles. The van der Waals surface area contributed by atoms with Crippen LogP contribution in [0, 0.1) is 5.92 Å². The Morgan fingerprint density at radius 1 is 1.06 bits per heavy atom. The molecular formula is C29H36ClNO3. The zero-order chi connectivity index (χ0) is 22.5. The minimum absolute atomic E-state index is 0. The van der Waals surface area contributed by atoms with Gasteiger partial charge in [0.1, 0.15) is 11.5 Å². The van der Waals surface area contributed by atoms with Crippen LogP contribution in [-0.4, -0.2) is 47.1 Å². The molecule has 1 N–H and O–H groups in total. The van der Waals surface area contributed by atoms with Crippen molar-refractivity contribution in [2.24, 2.45) is 5.92 Å². The lowest BCUT2D eigenvalue weighted by Crippen LogP contribution is -2.74. The maximum absolute atomic E-state index is 12.9. The van der Waals surface area contributed by atoms with Crippen LogP contribution < -0.4 is 0 Å². The molecule has 2 saturated carbocycles. The van der Waals surface area contributed by atoms with E-state index in [9.17, 15) is 9.90 Å². The highest BCUT2D eigenvalue weighted by atomic mass is 35.5. The fraction of sp³-hybridized carbons (Fsp3) is 0.552. The number of fused-ring (bicyclic) bond motifs is 1. The second-order valence-corrected chi connectivity index (χ2v) is 10.8. The second-order valence-electron chi connectivity index (χ2n) is 10.8. The number of phenolic OH excluding ortho intramolecular Hbond substituents is 1. The van der Waals surface area contributed by atoms with Gasteiger partial charge < -0.3 is 9.84 Å². The van der Waals surface area contributed by atoms with E-state index in [1.807, 2.05) is 12.1 Å². The van der Waals surface area contributed by atoms with Gasteiger partial charge in [0.25, 0.3) is 0 Å². The average molecular weight is 482 g/mol. The molecule has 3 atom stereocenters. The van der Waals surface area contributed by atoms with Crippen LogP contribution in [0.3, 0.4) is 0 Å². The first-order valence-electron chi connectivity index (χ1n) is 12.9. The third kappa shape index (κ3) is 3.88.